The molecule has 0 bridgehead atoms. The Balaban J connectivity index is 1.76. The normalized spacial score (nSPS) is 10.7. The van der Waals surface area contributed by atoms with Crippen LogP contribution in [0.5, 0.6) is 0 Å². The zero-order valence-electron chi connectivity index (χ0n) is 16.9. The van der Waals surface area contributed by atoms with Gasteiger partial charge < -0.3 is 14.6 Å². The van der Waals surface area contributed by atoms with E-state index in [2.05, 4.69) is 10.4 Å². The van der Waals surface area contributed by atoms with Crippen molar-refractivity contribution in [3.8, 4) is 11.5 Å². The number of rotatable bonds is 5. The highest BCUT2D eigenvalue weighted by Crippen LogP contribution is 2.24. The van der Waals surface area contributed by atoms with Crippen LogP contribution in [-0.2, 0) is 4.74 Å². The maximum atomic E-state index is 14.4. The number of hydrogen-bond acceptors (Lipinski definition) is 4. The zero-order chi connectivity index (χ0) is 22.0. The standard InChI is InChI=1S/C23H19FN4O3/c1-15-9-10-16(23(30)31-2)13-19(15)26-21(29)17-14-25-28(20-8-4-3-7-18(20)24)22(17)27-11-5-6-12-27/h3-14H,1-2H3,(H,26,29). The minimum atomic E-state index is -0.504. The first-order valence-electron chi connectivity index (χ1n) is 9.46. The summed E-state index contributed by atoms with van der Waals surface area (Å²) in [6.07, 6.45) is 4.87. The van der Waals surface area contributed by atoms with Crippen molar-refractivity contribution in [3.63, 3.8) is 0 Å². The summed E-state index contributed by atoms with van der Waals surface area (Å²) in [6.45, 7) is 1.81. The fourth-order valence-corrected chi connectivity index (χ4v) is 3.22. The number of methoxy groups -OCH3 is 1. The summed E-state index contributed by atoms with van der Waals surface area (Å²) in [5, 5.41) is 7.09. The summed E-state index contributed by atoms with van der Waals surface area (Å²) in [5.41, 5.74) is 2.00. The number of carbonyl (C=O) groups is 2. The molecule has 0 spiro atoms. The van der Waals surface area contributed by atoms with E-state index in [1.54, 1.807) is 65.5 Å². The van der Waals surface area contributed by atoms with E-state index in [0.29, 0.717) is 17.1 Å². The van der Waals surface area contributed by atoms with Crippen molar-refractivity contribution in [1.29, 1.82) is 0 Å². The largest absolute Gasteiger partial charge is 0.465 e. The number of ether oxygens (including phenoxy) is 1. The number of nitrogens with zero attached hydrogens (tertiary/aromatic N) is 3. The Morgan fingerprint density at radius 1 is 1.06 bits per heavy atom. The molecule has 2 aromatic carbocycles. The number of para-hydroxylation sites is 1. The molecule has 1 N–H and O–H groups in total. The number of nitrogens with one attached hydrogen (secondary N) is 1. The van der Waals surface area contributed by atoms with Gasteiger partial charge >= 0.3 is 5.97 Å². The van der Waals surface area contributed by atoms with Gasteiger partial charge in [-0.1, -0.05) is 18.2 Å². The highest BCUT2D eigenvalue weighted by Gasteiger charge is 2.22. The van der Waals surface area contributed by atoms with E-state index in [0.717, 1.165) is 5.56 Å². The molecule has 0 aliphatic rings. The first-order chi connectivity index (χ1) is 15.0. The molecule has 4 rings (SSSR count). The third kappa shape index (κ3) is 3.83. The molecule has 0 aliphatic carbocycles. The lowest BCUT2D eigenvalue weighted by molar-refractivity contribution is 0.0600. The molecular weight excluding hydrogens is 399 g/mol. The third-order valence-corrected chi connectivity index (χ3v) is 4.82. The van der Waals surface area contributed by atoms with Crippen LogP contribution in [-0.4, -0.2) is 33.3 Å². The molecule has 8 heteroatoms. The highest BCUT2D eigenvalue weighted by molar-refractivity contribution is 6.07. The summed E-state index contributed by atoms with van der Waals surface area (Å²) in [6, 6.07) is 14.7. The Labute approximate surface area is 177 Å². The van der Waals surface area contributed by atoms with Gasteiger partial charge in [-0.05, 0) is 48.9 Å². The van der Waals surface area contributed by atoms with E-state index in [1.165, 1.54) is 24.1 Å². The summed E-state index contributed by atoms with van der Waals surface area (Å²) < 4.78 is 22.3. The number of benzene rings is 2. The van der Waals surface area contributed by atoms with Crippen molar-refractivity contribution >= 4 is 17.6 Å². The predicted octanol–water partition coefficient (Wildman–Crippen LogP) is 4.15. The van der Waals surface area contributed by atoms with Gasteiger partial charge in [0.15, 0.2) is 5.82 Å². The molecule has 0 fully saturated rings. The number of anilines is 1. The molecule has 0 saturated heterocycles. The smallest absolute Gasteiger partial charge is 0.337 e. The van der Waals surface area contributed by atoms with E-state index >= 15 is 0 Å². The third-order valence-electron chi connectivity index (χ3n) is 4.82. The number of carbonyl (C=O) groups excluding carboxylic acids is 2. The number of aromatic nitrogens is 3. The maximum Gasteiger partial charge on any atom is 0.337 e. The average Bonchev–Trinajstić information content (AvgIpc) is 3.44. The number of hydrogen-bond donors (Lipinski definition) is 1. The van der Waals surface area contributed by atoms with Gasteiger partial charge in [0.1, 0.15) is 17.1 Å². The van der Waals surface area contributed by atoms with Gasteiger partial charge in [-0.25, -0.2) is 13.9 Å². The van der Waals surface area contributed by atoms with Crippen molar-refractivity contribution in [2.75, 3.05) is 12.4 Å². The van der Waals surface area contributed by atoms with Gasteiger partial charge in [0.25, 0.3) is 5.91 Å². The summed E-state index contributed by atoms with van der Waals surface area (Å²) in [5.74, 6) is -1.03. The molecule has 0 atom stereocenters. The molecule has 4 aromatic rings. The van der Waals surface area contributed by atoms with Crippen molar-refractivity contribution < 1.29 is 18.7 Å². The summed E-state index contributed by atoms with van der Waals surface area (Å²) in [7, 11) is 1.29. The first-order valence-corrected chi connectivity index (χ1v) is 9.46. The van der Waals surface area contributed by atoms with Crippen LogP contribution in [0.2, 0.25) is 0 Å². The molecule has 0 saturated carbocycles. The summed E-state index contributed by atoms with van der Waals surface area (Å²) in [4.78, 5) is 25.0. The van der Waals surface area contributed by atoms with Crippen LogP contribution in [0.1, 0.15) is 26.3 Å². The van der Waals surface area contributed by atoms with Crippen LogP contribution >= 0.6 is 0 Å². The van der Waals surface area contributed by atoms with Crippen LogP contribution in [0.3, 0.4) is 0 Å². The molecule has 0 unspecified atom stereocenters. The lowest BCUT2D eigenvalue weighted by Gasteiger charge is -2.13. The second kappa shape index (κ2) is 8.27. The van der Waals surface area contributed by atoms with Gasteiger partial charge in [0, 0.05) is 18.1 Å². The monoisotopic (exact) mass is 418 g/mol. The van der Waals surface area contributed by atoms with Crippen molar-refractivity contribution in [2.45, 2.75) is 6.92 Å². The molecule has 0 aliphatic heterocycles. The quantitative estimate of drug-likeness (QED) is 0.494. The highest BCUT2D eigenvalue weighted by atomic mass is 19.1. The van der Waals surface area contributed by atoms with Gasteiger partial charge in [-0.15, -0.1) is 0 Å². The lowest BCUT2D eigenvalue weighted by atomic mass is 10.1. The molecule has 156 valence electrons. The first kappa shape index (κ1) is 20.1. The average molecular weight is 418 g/mol. The van der Waals surface area contributed by atoms with Crippen molar-refractivity contribution in [3.05, 3.63) is 95.7 Å². The van der Waals surface area contributed by atoms with Gasteiger partial charge in [-0.3, -0.25) is 4.79 Å². The molecule has 7 nitrogen and oxygen atoms in total. The van der Waals surface area contributed by atoms with E-state index in [9.17, 15) is 14.0 Å². The minimum absolute atomic E-state index is 0.217. The van der Waals surface area contributed by atoms with Gasteiger partial charge in [0.2, 0.25) is 0 Å². The molecule has 2 heterocycles. The fourth-order valence-electron chi connectivity index (χ4n) is 3.22. The maximum absolute atomic E-state index is 14.4. The SMILES string of the molecule is COC(=O)c1ccc(C)c(NC(=O)c2cnn(-c3ccccc3F)c2-n2cccc2)c1. The Morgan fingerprint density at radius 2 is 1.81 bits per heavy atom. The van der Waals surface area contributed by atoms with Crippen LogP contribution in [0.25, 0.3) is 11.5 Å². The Hall–Kier alpha value is -4.20. The molecule has 31 heavy (non-hydrogen) atoms. The zero-order valence-corrected chi connectivity index (χ0v) is 16.9. The second-order valence-corrected chi connectivity index (χ2v) is 6.81. The molecule has 0 radical (unpaired) electrons. The molecule has 1 amide bonds. The van der Waals surface area contributed by atoms with E-state index < -0.39 is 17.7 Å². The predicted molar refractivity (Wildman–Crippen MR) is 113 cm³/mol. The number of amides is 1. The van der Waals surface area contributed by atoms with Crippen LogP contribution in [0, 0.1) is 12.7 Å². The van der Waals surface area contributed by atoms with Crippen LogP contribution in [0.4, 0.5) is 10.1 Å². The van der Waals surface area contributed by atoms with Crippen LogP contribution in [0.15, 0.2) is 73.2 Å². The fraction of sp³-hybridized carbons (Fsp3) is 0.0870. The van der Waals surface area contributed by atoms with Crippen LogP contribution < -0.4 is 5.32 Å². The molecule has 2 aromatic heterocycles. The van der Waals surface area contributed by atoms with E-state index in [-0.39, 0.29) is 11.3 Å². The summed E-state index contributed by atoms with van der Waals surface area (Å²) >= 11 is 0. The minimum Gasteiger partial charge on any atom is -0.465 e. The second-order valence-electron chi connectivity index (χ2n) is 6.81. The Bertz CT molecular complexity index is 1260. The molecular formula is C23H19FN4O3. The van der Waals surface area contributed by atoms with E-state index in [1.807, 2.05) is 6.92 Å². The van der Waals surface area contributed by atoms with Gasteiger partial charge in [-0.2, -0.15) is 5.10 Å². The number of halogens is 1. The Morgan fingerprint density at radius 3 is 2.52 bits per heavy atom. The van der Waals surface area contributed by atoms with E-state index in [4.69, 9.17) is 4.74 Å². The number of esters is 1. The van der Waals surface area contributed by atoms with Gasteiger partial charge in [0.05, 0.1) is 18.9 Å². The Kier molecular flexibility index (Phi) is 5.36. The lowest BCUT2D eigenvalue weighted by Crippen LogP contribution is -2.16. The topological polar surface area (TPSA) is 78.2 Å². The van der Waals surface area contributed by atoms with Crippen molar-refractivity contribution in [1.82, 2.24) is 14.3 Å². The number of aryl methyl sites for hydroxylation is 1. The van der Waals surface area contributed by atoms with Crippen molar-refractivity contribution in [2.24, 2.45) is 0 Å².